The van der Waals surface area contributed by atoms with Crippen molar-refractivity contribution >= 4 is 11.8 Å². The Morgan fingerprint density at radius 2 is 1.95 bits per heavy atom. The zero-order chi connectivity index (χ0) is 15.7. The third-order valence-corrected chi connectivity index (χ3v) is 2.72. The molecule has 5 heteroatoms. The molecule has 1 aromatic rings. The van der Waals surface area contributed by atoms with E-state index in [9.17, 15) is 14.7 Å². The van der Waals surface area contributed by atoms with Crippen molar-refractivity contribution in [1.82, 2.24) is 0 Å². The fourth-order valence-corrected chi connectivity index (χ4v) is 1.61. The lowest BCUT2D eigenvalue weighted by atomic mass is 10.1. The van der Waals surface area contributed by atoms with Crippen molar-refractivity contribution in [3.05, 3.63) is 48.0 Å². The van der Waals surface area contributed by atoms with Crippen LogP contribution in [0.2, 0.25) is 0 Å². The maximum atomic E-state index is 11.3. The molecule has 0 heterocycles. The summed E-state index contributed by atoms with van der Waals surface area (Å²) in [4.78, 5) is 22.6. The number of ether oxygens (including phenoxy) is 2. The summed E-state index contributed by atoms with van der Waals surface area (Å²) in [6.45, 7) is 3.44. The van der Waals surface area contributed by atoms with Gasteiger partial charge in [-0.1, -0.05) is 30.3 Å². The molecule has 21 heavy (non-hydrogen) atoms. The average Bonchev–Trinajstić information content (AvgIpc) is 2.48. The summed E-state index contributed by atoms with van der Waals surface area (Å²) in [7, 11) is 0. The molecule has 0 unspecified atom stereocenters. The van der Waals surface area contributed by atoms with Crippen LogP contribution in [0.4, 0.5) is 0 Å². The SMILES string of the molecule is CCOC(=O)/C=C/[C@@H](OCc1ccccc1)[C@@H](O)C(C)=O. The Balaban J connectivity index is 2.68. The van der Waals surface area contributed by atoms with E-state index >= 15 is 0 Å². The number of hydrogen-bond acceptors (Lipinski definition) is 5. The molecular formula is C16H20O5. The highest BCUT2D eigenvalue weighted by atomic mass is 16.5. The number of hydrogen-bond donors (Lipinski definition) is 1. The van der Waals surface area contributed by atoms with Crippen LogP contribution >= 0.6 is 0 Å². The van der Waals surface area contributed by atoms with Crippen molar-refractivity contribution in [3.8, 4) is 0 Å². The smallest absolute Gasteiger partial charge is 0.330 e. The number of carbonyl (C=O) groups is 2. The third-order valence-electron chi connectivity index (χ3n) is 2.72. The lowest BCUT2D eigenvalue weighted by Crippen LogP contribution is -2.33. The van der Waals surface area contributed by atoms with Gasteiger partial charge in [0.2, 0.25) is 0 Å². The van der Waals surface area contributed by atoms with Crippen molar-refractivity contribution in [2.24, 2.45) is 0 Å². The summed E-state index contributed by atoms with van der Waals surface area (Å²) in [5.74, 6) is -0.969. The van der Waals surface area contributed by atoms with E-state index in [-0.39, 0.29) is 13.2 Å². The lowest BCUT2D eigenvalue weighted by molar-refractivity contribution is -0.137. The van der Waals surface area contributed by atoms with Crippen molar-refractivity contribution in [1.29, 1.82) is 0 Å². The zero-order valence-electron chi connectivity index (χ0n) is 12.2. The standard InChI is InChI=1S/C16H20O5/c1-3-20-15(18)10-9-14(16(19)12(2)17)21-11-13-7-5-4-6-8-13/h4-10,14,16,19H,3,11H2,1-2H3/b10-9+/t14-,16+/m1/s1. The van der Waals surface area contributed by atoms with E-state index in [0.717, 1.165) is 11.6 Å². The molecule has 1 N–H and O–H groups in total. The molecule has 1 rings (SSSR count). The highest BCUT2D eigenvalue weighted by molar-refractivity contribution is 5.83. The first-order valence-corrected chi connectivity index (χ1v) is 6.73. The molecule has 1 aromatic carbocycles. The van der Waals surface area contributed by atoms with E-state index in [1.54, 1.807) is 6.92 Å². The first-order valence-electron chi connectivity index (χ1n) is 6.73. The number of Topliss-reactive ketones (excluding diaryl/α,β-unsaturated/α-hetero) is 1. The number of carbonyl (C=O) groups excluding carboxylic acids is 2. The minimum atomic E-state index is -1.32. The Morgan fingerprint density at radius 1 is 1.29 bits per heavy atom. The van der Waals surface area contributed by atoms with Gasteiger partial charge in [0.25, 0.3) is 0 Å². The van der Waals surface area contributed by atoms with E-state index in [2.05, 4.69) is 0 Å². The van der Waals surface area contributed by atoms with Crippen LogP contribution in [0.3, 0.4) is 0 Å². The second-order valence-electron chi connectivity index (χ2n) is 4.43. The normalized spacial score (nSPS) is 13.9. The average molecular weight is 292 g/mol. The molecular weight excluding hydrogens is 272 g/mol. The van der Waals surface area contributed by atoms with E-state index in [1.807, 2.05) is 30.3 Å². The van der Waals surface area contributed by atoms with Crippen LogP contribution in [0.5, 0.6) is 0 Å². The molecule has 0 aliphatic rings. The van der Waals surface area contributed by atoms with Crippen molar-refractivity contribution in [2.45, 2.75) is 32.7 Å². The van der Waals surface area contributed by atoms with Crippen molar-refractivity contribution < 1.29 is 24.2 Å². The second kappa shape index (κ2) is 9.05. The topological polar surface area (TPSA) is 72.8 Å². The van der Waals surface area contributed by atoms with E-state index in [4.69, 9.17) is 9.47 Å². The Labute approximate surface area is 124 Å². The summed E-state index contributed by atoms with van der Waals surface area (Å²) in [6, 6.07) is 9.34. The quantitative estimate of drug-likeness (QED) is 0.582. The fourth-order valence-electron chi connectivity index (χ4n) is 1.61. The van der Waals surface area contributed by atoms with Crippen LogP contribution in [0, 0.1) is 0 Å². The molecule has 0 aliphatic carbocycles. The van der Waals surface area contributed by atoms with Gasteiger partial charge in [0.15, 0.2) is 5.78 Å². The summed E-state index contributed by atoms with van der Waals surface area (Å²) < 4.78 is 10.3. The summed E-state index contributed by atoms with van der Waals surface area (Å²) in [5.41, 5.74) is 0.905. The van der Waals surface area contributed by atoms with Gasteiger partial charge in [-0.25, -0.2) is 4.79 Å². The molecule has 0 aliphatic heterocycles. The summed E-state index contributed by atoms with van der Waals surface area (Å²) in [5, 5.41) is 9.83. The molecule has 0 bridgehead atoms. The lowest BCUT2D eigenvalue weighted by Gasteiger charge is -2.18. The van der Waals surface area contributed by atoms with Crippen LogP contribution in [-0.2, 0) is 25.7 Å². The van der Waals surface area contributed by atoms with Gasteiger partial charge in [-0.2, -0.15) is 0 Å². The van der Waals surface area contributed by atoms with Crippen LogP contribution in [-0.4, -0.2) is 35.7 Å². The predicted octanol–water partition coefficient (Wildman–Crippen LogP) is 1.64. The maximum absolute atomic E-state index is 11.3. The second-order valence-corrected chi connectivity index (χ2v) is 4.43. The van der Waals surface area contributed by atoms with Gasteiger partial charge in [-0.05, 0) is 25.5 Å². The third kappa shape index (κ3) is 6.33. The predicted molar refractivity (Wildman–Crippen MR) is 77.5 cm³/mol. The minimum absolute atomic E-state index is 0.225. The maximum Gasteiger partial charge on any atom is 0.330 e. The van der Waals surface area contributed by atoms with Gasteiger partial charge in [-0.15, -0.1) is 0 Å². The number of rotatable bonds is 8. The molecule has 0 aromatic heterocycles. The van der Waals surface area contributed by atoms with Crippen LogP contribution < -0.4 is 0 Å². The zero-order valence-corrected chi connectivity index (χ0v) is 12.2. The van der Waals surface area contributed by atoms with Gasteiger partial charge >= 0.3 is 5.97 Å². The Morgan fingerprint density at radius 3 is 2.52 bits per heavy atom. The van der Waals surface area contributed by atoms with Crippen LogP contribution in [0.1, 0.15) is 19.4 Å². The molecule has 114 valence electrons. The van der Waals surface area contributed by atoms with Gasteiger partial charge < -0.3 is 14.6 Å². The van der Waals surface area contributed by atoms with Crippen molar-refractivity contribution in [2.75, 3.05) is 6.61 Å². The highest BCUT2D eigenvalue weighted by Gasteiger charge is 2.22. The minimum Gasteiger partial charge on any atom is -0.463 e. The molecule has 0 amide bonds. The molecule has 0 radical (unpaired) electrons. The van der Waals surface area contributed by atoms with Gasteiger partial charge in [-0.3, -0.25) is 4.79 Å². The fraction of sp³-hybridized carbons (Fsp3) is 0.375. The highest BCUT2D eigenvalue weighted by Crippen LogP contribution is 2.09. The molecule has 5 nitrogen and oxygen atoms in total. The first-order chi connectivity index (χ1) is 10.0. The first kappa shape index (κ1) is 17.1. The van der Waals surface area contributed by atoms with Gasteiger partial charge in [0, 0.05) is 6.08 Å². The monoisotopic (exact) mass is 292 g/mol. The Bertz CT molecular complexity index is 481. The number of esters is 1. The van der Waals surface area contributed by atoms with Gasteiger partial charge in [0.05, 0.1) is 13.2 Å². The van der Waals surface area contributed by atoms with Gasteiger partial charge in [0.1, 0.15) is 12.2 Å². The van der Waals surface area contributed by atoms with E-state index in [1.165, 1.54) is 13.0 Å². The molecule has 0 saturated carbocycles. The summed E-state index contributed by atoms with van der Waals surface area (Å²) in [6.07, 6.45) is 0.282. The number of ketones is 1. The Hall–Kier alpha value is -1.98. The van der Waals surface area contributed by atoms with Crippen LogP contribution in [0.25, 0.3) is 0 Å². The molecule has 0 fully saturated rings. The largest absolute Gasteiger partial charge is 0.463 e. The summed E-state index contributed by atoms with van der Waals surface area (Å²) >= 11 is 0. The molecule has 0 spiro atoms. The van der Waals surface area contributed by atoms with E-state index < -0.39 is 24.0 Å². The number of benzene rings is 1. The Kier molecular flexibility index (Phi) is 7.36. The number of aliphatic hydroxyl groups is 1. The van der Waals surface area contributed by atoms with Crippen LogP contribution in [0.15, 0.2) is 42.5 Å². The molecule has 2 atom stereocenters. The number of aliphatic hydroxyl groups excluding tert-OH is 1. The van der Waals surface area contributed by atoms with Crippen molar-refractivity contribution in [3.63, 3.8) is 0 Å². The van der Waals surface area contributed by atoms with E-state index in [0.29, 0.717) is 0 Å². The molecule has 0 saturated heterocycles.